The standard InChI is InChI=1S/C32H25FN2O3/c1-22-11-13-23(14-12-22)21-29(35-31(37)26-8-3-2-4-9-26)32(38)34-27-18-15-25(16-19-27)30(36)20-17-24-7-5-6-10-28(24)33/h2-21H,1H3,(H,34,38)(H,35,37)/b20-17+,29-21-. The number of allylic oxidation sites excluding steroid dienone is 1. The lowest BCUT2D eigenvalue weighted by Gasteiger charge is -2.12. The lowest BCUT2D eigenvalue weighted by atomic mass is 10.1. The summed E-state index contributed by atoms with van der Waals surface area (Å²) in [6, 6.07) is 28.6. The van der Waals surface area contributed by atoms with Gasteiger partial charge in [0.15, 0.2) is 5.78 Å². The maximum absolute atomic E-state index is 13.8. The number of carbonyl (C=O) groups excluding carboxylic acids is 3. The van der Waals surface area contributed by atoms with E-state index in [0.717, 1.165) is 11.1 Å². The van der Waals surface area contributed by atoms with Gasteiger partial charge < -0.3 is 10.6 Å². The molecule has 0 saturated carbocycles. The molecule has 2 N–H and O–H groups in total. The Labute approximate surface area is 220 Å². The van der Waals surface area contributed by atoms with Crippen LogP contribution in [0.3, 0.4) is 0 Å². The van der Waals surface area contributed by atoms with Crippen molar-refractivity contribution in [3.05, 3.63) is 149 Å². The van der Waals surface area contributed by atoms with E-state index in [1.807, 2.05) is 31.2 Å². The van der Waals surface area contributed by atoms with Crippen LogP contribution in [-0.2, 0) is 4.79 Å². The molecular formula is C32H25FN2O3. The summed E-state index contributed by atoms with van der Waals surface area (Å²) in [5, 5.41) is 5.46. The van der Waals surface area contributed by atoms with Gasteiger partial charge in [-0.3, -0.25) is 14.4 Å². The van der Waals surface area contributed by atoms with E-state index in [1.165, 1.54) is 18.2 Å². The third-order valence-corrected chi connectivity index (χ3v) is 5.66. The van der Waals surface area contributed by atoms with Crippen molar-refractivity contribution in [3.63, 3.8) is 0 Å². The van der Waals surface area contributed by atoms with Crippen molar-refractivity contribution in [3.8, 4) is 0 Å². The van der Waals surface area contributed by atoms with Crippen LogP contribution in [0.15, 0.2) is 115 Å². The van der Waals surface area contributed by atoms with Crippen molar-refractivity contribution in [2.24, 2.45) is 0 Å². The van der Waals surface area contributed by atoms with Crippen LogP contribution in [0.25, 0.3) is 12.2 Å². The summed E-state index contributed by atoms with van der Waals surface area (Å²) in [6.45, 7) is 1.96. The number of nitrogens with one attached hydrogen (secondary N) is 2. The Balaban J connectivity index is 1.49. The van der Waals surface area contributed by atoms with Gasteiger partial charge in [-0.1, -0.05) is 66.2 Å². The van der Waals surface area contributed by atoms with Gasteiger partial charge in [-0.15, -0.1) is 0 Å². The molecule has 38 heavy (non-hydrogen) atoms. The minimum Gasteiger partial charge on any atom is -0.321 e. The quantitative estimate of drug-likeness (QED) is 0.214. The molecule has 0 aliphatic carbocycles. The molecule has 0 aliphatic heterocycles. The fourth-order valence-corrected chi connectivity index (χ4v) is 3.56. The first-order valence-electron chi connectivity index (χ1n) is 11.9. The number of benzene rings is 4. The molecule has 4 aromatic carbocycles. The molecule has 0 bridgehead atoms. The third kappa shape index (κ3) is 6.98. The molecule has 0 aliphatic rings. The van der Waals surface area contributed by atoms with Gasteiger partial charge in [-0.2, -0.15) is 0 Å². The number of ketones is 1. The third-order valence-electron chi connectivity index (χ3n) is 5.66. The Bertz CT molecular complexity index is 1510. The van der Waals surface area contributed by atoms with Crippen molar-refractivity contribution in [2.45, 2.75) is 6.92 Å². The van der Waals surface area contributed by atoms with Crippen LogP contribution < -0.4 is 10.6 Å². The number of hydrogen-bond acceptors (Lipinski definition) is 3. The van der Waals surface area contributed by atoms with Crippen LogP contribution >= 0.6 is 0 Å². The summed E-state index contributed by atoms with van der Waals surface area (Å²) in [6.07, 6.45) is 4.32. The highest BCUT2D eigenvalue weighted by molar-refractivity contribution is 6.11. The first-order valence-corrected chi connectivity index (χ1v) is 11.9. The van der Waals surface area contributed by atoms with Gasteiger partial charge in [0.2, 0.25) is 0 Å². The molecule has 0 aromatic heterocycles. The molecule has 0 radical (unpaired) electrons. The van der Waals surface area contributed by atoms with Crippen LogP contribution in [-0.4, -0.2) is 17.6 Å². The van der Waals surface area contributed by atoms with Crippen molar-refractivity contribution in [2.75, 3.05) is 5.32 Å². The minimum atomic E-state index is -0.520. The Hall–Kier alpha value is -5.10. The van der Waals surface area contributed by atoms with Crippen LogP contribution in [0.4, 0.5) is 10.1 Å². The van der Waals surface area contributed by atoms with Crippen LogP contribution in [0, 0.1) is 12.7 Å². The van der Waals surface area contributed by atoms with E-state index in [0.29, 0.717) is 22.4 Å². The van der Waals surface area contributed by atoms with E-state index in [1.54, 1.807) is 78.9 Å². The lowest BCUT2D eigenvalue weighted by Crippen LogP contribution is -2.30. The number of hydrogen-bond donors (Lipinski definition) is 2. The number of rotatable bonds is 8. The minimum absolute atomic E-state index is 0.0654. The van der Waals surface area contributed by atoms with Crippen LogP contribution in [0.5, 0.6) is 0 Å². The molecule has 0 heterocycles. The van der Waals surface area contributed by atoms with Gasteiger partial charge in [0.05, 0.1) is 0 Å². The van der Waals surface area contributed by atoms with Gasteiger partial charge in [0, 0.05) is 22.4 Å². The monoisotopic (exact) mass is 504 g/mol. The molecule has 0 fully saturated rings. The molecule has 6 heteroatoms. The molecule has 4 rings (SSSR count). The number of anilines is 1. The van der Waals surface area contributed by atoms with E-state index >= 15 is 0 Å². The summed E-state index contributed by atoms with van der Waals surface area (Å²) in [4.78, 5) is 38.4. The molecule has 0 saturated heterocycles. The normalized spacial score (nSPS) is 11.3. The number of amides is 2. The van der Waals surface area contributed by atoms with E-state index in [2.05, 4.69) is 10.6 Å². The predicted molar refractivity (Wildman–Crippen MR) is 148 cm³/mol. The topological polar surface area (TPSA) is 75.3 Å². The summed E-state index contributed by atoms with van der Waals surface area (Å²) >= 11 is 0. The first kappa shape index (κ1) is 26.0. The summed E-state index contributed by atoms with van der Waals surface area (Å²) in [5.41, 5.74) is 3.43. The zero-order valence-electron chi connectivity index (χ0n) is 20.6. The highest BCUT2D eigenvalue weighted by Gasteiger charge is 2.15. The molecule has 2 amide bonds. The fraction of sp³-hybridized carbons (Fsp3) is 0.0312. The summed E-state index contributed by atoms with van der Waals surface area (Å²) in [7, 11) is 0. The van der Waals surface area contributed by atoms with Crippen molar-refractivity contribution in [1.82, 2.24) is 5.32 Å². The van der Waals surface area contributed by atoms with Gasteiger partial charge in [-0.05, 0) is 73.2 Å². The zero-order chi connectivity index (χ0) is 26.9. The largest absolute Gasteiger partial charge is 0.321 e. The van der Waals surface area contributed by atoms with Crippen LogP contribution in [0.2, 0.25) is 0 Å². The van der Waals surface area contributed by atoms with E-state index < -0.39 is 17.6 Å². The van der Waals surface area contributed by atoms with Gasteiger partial charge in [0.1, 0.15) is 11.5 Å². The SMILES string of the molecule is Cc1ccc(/C=C(\NC(=O)c2ccccc2)C(=O)Nc2ccc(C(=O)/C=C/c3ccccc3F)cc2)cc1. The first-order chi connectivity index (χ1) is 18.4. The number of carbonyl (C=O) groups is 3. The average Bonchev–Trinajstić information content (AvgIpc) is 2.94. The van der Waals surface area contributed by atoms with Crippen molar-refractivity contribution < 1.29 is 18.8 Å². The van der Waals surface area contributed by atoms with Crippen LogP contribution in [0.1, 0.15) is 37.4 Å². The highest BCUT2D eigenvalue weighted by Crippen LogP contribution is 2.15. The van der Waals surface area contributed by atoms with Gasteiger partial charge >= 0.3 is 0 Å². The lowest BCUT2D eigenvalue weighted by molar-refractivity contribution is -0.113. The Morgan fingerprint density at radius 1 is 0.737 bits per heavy atom. The summed E-state index contributed by atoms with van der Waals surface area (Å²) in [5.74, 6) is -1.65. The predicted octanol–water partition coefficient (Wildman–Crippen LogP) is 6.44. The average molecular weight is 505 g/mol. The maximum atomic E-state index is 13.8. The molecule has 0 unspecified atom stereocenters. The zero-order valence-corrected chi connectivity index (χ0v) is 20.6. The summed E-state index contributed by atoms with van der Waals surface area (Å²) < 4.78 is 13.8. The maximum Gasteiger partial charge on any atom is 0.272 e. The Morgan fingerprint density at radius 2 is 1.39 bits per heavy atom. The molecule has 188 valence electrons. The highest BCUT2D eigenvalue weighted by atomic mass is 19.1. The fourth-order valence-electron chi connectivity index (χ4n) is 3.56. The smallest absolute Gasteiger partial charge is 0.272 e. The Morgan fingerprint density at radius 3 is 2.08 bits per heavy atom. The molecule has 0 atom stereocenters. The molecule has 5 nitrogen and oxygen atoms in total. The van der Waals surface area contributed by atoms with Crippen molar-refractivity contribution >= 4 is 35.4 Å². The van der Waals surface area contributed by atoms with Crippen molar-refractivity contribution in [1.29, 1.82) is 0 Å². The van der Waals surface area contributed by atoms with E-state index in [-0.39, 0.29) is 11.5 Å². The van der Waals surface area contributed by atoms with E-state index in [4.69, 9.17) is 0 Å². The second kappa shape index (κ2) is 12.2. The Kier molecular flexibility index (Phi) is 8.36. The molecule has 0 spiro atoms. The second-order valence-electron chi connectivity index (χ2n) is 8.54. The molecular weight excluding hydrogens is 479 g/mol. The second-order valence-corrected chi connectivity index (χ2v) is 8.54. The molecule has 4 aromatic rings. The van der Waals surface area contributed by atoms with Gasteiger partial charge in [-0.25, -0.2) is 4.39 Å². The van der Waals surface area contributed by atoms with Gasteiger partial charge in [0.25, 0.3) is 11.8 Å². The number of aryl methyl sites for hydroxylation is 1. The van der Waals surface area contributed by atoms with E-state index in [9.17, 15) is 18.8 Å². The number of halogens is 1.